The Hall–Kier alpha value is -2.73. The number of amides is 1. The Kier molecular flexibility index (Phi) is 4.66. The molecule has 27 heavy (non-hydrogen) atoms. The predicted molar refractivity (Wildman–Crippen MR) is 109 cm³/mol. The molecular formula is C21H20N2O3S. The van der Waals surface area contributed by atoms with Gasteiger partial charge in [-0.1, -0.05) is 17.7 Å². The zero-order valence-corrected chi connectivity index (χ0v) is 16.3. The number of carbonyl (C=O) groups is 1. The zero-order chi connectivity index (χ0) is 19.0. The van der Waals surface area contributed by atoms with Crippen molar-refractivity contribution in [3.8, 4) is 11.5 Å². The number of nitrogens with zero attached hydrogens (tertiary/aromatic N) is 2. The maximum Gasteiger partial charge on any atom is 0.266 e. The average Bonchev–Trinajstić information content (AvgIpc) is 3.21. The van der Waals surface area contributed by atoms with E-state index in [-0.39, 0.29) is 12.7 Å². The highest BCUT2D eigenvalue weighted by molar-refractivity contribution is 8.18. The SMILES string of the molecule is CCN1C(=O)/C(=C\c2cc3c(cc2C)OCO3)SC1=Nc1ccc(C)cc1. The summed E-state index contributed by atoms with van der Waals surface area (Å²) in [5.74, 6) is 1.44. The summed E-state index contributed by atoms with van der Waals surface area (Å²) in [6.45, 7) is 6.81. The van der Waals surface area contributed by atoms with Crippen LogP contribution >= 0.6 is 11.8 Å². The second-order valence-corrected chi connectivity index (χ2v) is 7.46. The molecule has 0 aliphatic carbocycles. The summed E-state index contributed by atoms with van der Waals surface area (Å²) in [6.07, 6.45) is 1.91. The largest absolute Gasteiger partial charge is 0.454 e. The molecule has 0 saturated carbocycles. The van der Waals surface area contributed by atoms with Crippen molar-refractivity contribution in [1.82, 2.24) is 4.90 Å². The van der Waals surface area contributed by atoms with E-state index in [4.69, 9.17) is 9.47 Å². The molecule has 0 aromatic heterocycles. The van der Waals surface area contributed by atoms with Gasteiger partial charge in [0.2, 0.25) is 6.79 Å². The number of likely N-dealkylation sites (N-methyl/N-ethyl adjacent to an activating group) is 1. The number of ether oxygens (including phenoxy) is 2. The molecule has 2 aliphatic heterocycles. The van der Waals surface area contributed by atoms with E-state index in [0.717, 1.165) is 22.6 Å². The molecule has 2 aromatic carbocycles. The van der Waals surface area contributed by atoms with Crippen LogP contribution in [0.25, 0.3) is 6.08 Å². The Morgan fingerprint density at radius 3 is 2.56 bits per heavy atom. The highest BCUT2D eigenvalue weighted by atomic mass is 32.2. The minimum Gasteiger partial charge on any atom is -0.454 e. The fourth-order valence-corrected chi connectivity index (χ4v) is 4.01. The number of aliphatic imine (C=N–C) groups is 1. The second-order valence-electron chi connectivity index (χ2n) is 6.45. The van der Waals surface area contributed by atoms with Crippen molar-refractivity contribution in [3.05, 3.63) is 58.0 Å². The van der Waals surface area contributed by atoms with Gasteiger partial charge in [-0.25, -0.2) is 4.99 Å². The molecular weight excluding hydrogens is 360 g/mol. The molecule has 138 valence electrons. The van der Waals surface area contributed by atoms with Crippen LogP contribution in [0.2, 0.25) is 0 Å². The maximum absolute atomic E-state index is 12.8. The second kappa shape index (κ2) is 7.12. The lowest BCUT2D eigenvalue weighted by molar-refractivity contribution is -0.122. The van der Waals surface area contributed by atoms with E-state index in [1.54, 1.807) is 4.90 Å². The highest BCUT2D eigenvalue weighted by Gasteiger charge is 2.32. The van der Waals surface area contributed by atoms with Gasteiger partial charge in [0.15, 0.2) is 16.7 Å². The Bertz CT molecular complexity index is 964. The molecule has 5 nitrogen and oxygen atoms in total. The lowest BCUT2D eigenvalue weighted by Gasteiger charge is -2.12. The third kappa shape index (κ3) is 3.45. The molecule has 1 fully saturated rings. The molecule has 0 atom stereocenters. The smallest absolute Gasteiger partial charge is 0.266 e. The monoisotopic (exact) mass is 380 g/mol. The van der Waals surface area contributed by atoms with Crippen LogP contribution in [-0.2, 0) is 4.79 Å². The van der Waals surface area contributed by atoms with Crippen LogP contribution in [-0.4, -0.2) is 29.3 Å². The van der Waals surface area contributed by atoms with Gasteiger partial charge in [-0.15, -0.1) is 0 Å². The Morgan fingerprint density at radius 2 is 1.85 bits per heavy atom. The van der Waals surface area contributed by atoms with Crippen molar-refractivity contribution in [2.24, 2.45) is 4.99 Å². The molecule has 1 amide bonds. The van der Waals surface area contributed by atoms with Gasteiger partial charge in [0.05, 0.1) is 10.6 Å². The topological polar surface area (TPSA) is 51.1 Å². The number of fused-ring (bicyclic) bond motifs is 1. The van der Waals surface area contributed by atoms with Crippen molar-refractivity contribution in [2.45, 2.75) is 20.8 Å². The molecule has 6 heteroatoms. The van der Waals surface area contributed by atoms with Crippen molar-refractivity contribution in [3.63, 3.8) is 0 Å². The summed E-state index contributed by atoms with van der Waals surface area (Å²) < 4.78 is 10.9. The van der Waals surface area contributed by atoms with Gasteiger partial charge >= 0.3 is 0 Å². The first-order valence-corrected chi connectivity index (χ1v) is 9.64. The zero-order valence-electron chi connectivity index (χ0n) is 15.5. The number of carbonyl (C=O) groups excluding carboxylic acids is 1. The third-order valence-electron chi connectivity index (χ3n) is 4.51. The summed E-state index contributed by atoms with van der Waals surface area (Å²) in [4.78, 5) is 19.9. The van der Waals surface area contributed by atoms with E-state index < -0.39 is 0 Å². The van der Waals surface area contributed by atoms with E-state index in [2.05, 4.69) is 4.99 Å². The lowest BCUT2D eigenvalue weighted by atomic mass is 10.1. The number of aryl methyl sites for hydroxylation is 2. The Labute approximate surface area is 162 Å². The van der Waals surface area contributed by atoms with Gasteiger partial charge in [0, 0.05) is 6.54 Å². The minimum atomic E-state index is -0.0228. The first kappa shape index (κ1) is 17.7. The van der Waals surface area contributed by atoms with Crippen LogP contribution in [0.5, 0.6) is 11.5 Å². The van der Waals surface area contributed by atoms with Crippen LogP contribution in [0.1, 0.15) is 23.6 Å². The van der Waals surface area contributed by atoms with Crippen LogP contribution in [0.3, 0.4) is 0 Å². The Morgan fingerprint density at radius 1 is 1.15 bits per heavy atom. The van der Waals surface area contributed by atoms with E-state index >= 15 is 0 Å². The molecule has 0 spiro atoms. The number of benzene rings is 2. The first-order chi connectivity index (χ1) is 13.0. The fourth-order valence-electron chi connectivity index (χ4n) is 2.96. The van der Waals surface area contributed by atoms with Gasteiger partial charge in [0.25, 0.3) is 5.91 Å². The first-order valence-electron chi connectivity index (χ1n) is 8.82. The maximum atomic E-state index is 12.8. The molecule has 2 heterocycles. The number of thioether (sulfide) groups is 1. The van der Waals surface area contributed by atoms with Gasteiger partial charge in [-0.2, -0.15) is 0 Å². The van der Waals surface area contributed by atoms with Gasteiger partial charge in [-0.3, -0.25) is 9.69 Å². The van der Waals surface area contributed by atoms with E-state index in [1.807, 2.05) is 63.2 Å². The highest BCUT2D eigenvalue weighted by Crippen LogP contribution is 2.38. The summed E-state index contributed by atoms with van der Waals surface area (Å²) in [6, 6.07) is 11.8. The normalized spacial score (nSPS) is 18.8. The summed E-state index contributed by atoms with van der Waals surface area (Å²) in [7, 11) is 0. The molecule has 0 radical (unpaired) electrons. The molecule has 4 rings (SSSR count). The van der Waals surface area contributed by atoms with Crippen LogP contribution in [0.4, 0.5) is 5.69 Å². The minimum absolute atomic E-state index is 0.0228. The standard InChI is InChI=1S/C21H20N2O3S/c1-4-23-20(24)19(27-21(23)22-16-7-5-13(2)6-8-16)11-15-10-18-17(9-14(15)3)25-12-26-18/h5-11H,4,12H2,1-3H3/b19-11+,22-21?. The van der Waals surface area contributed by atoms with Crippen molar-refractivity contribution in [1.29, 1.82) is 0 Å². The van der Waals surface area contributed by atoms with E-state index in [1.165, 1.54) is 17.3 Å². The van der Waals surface area contributed by atoms with Gasteiger partial charge in [-0.05, 0) is 74.0 Å². The number of rotatable bonds is 3. The number of amidine groups is 1. The van der Waals surface area contributed by atoms with E-state index in [9.17, 15) is 4.79 Å². The molecule has 0 unspecified atom stereocenters. The van der Waals surface area contributed by atoms with Crippen LogP contribution < -0.4 is 9.47 Å². The average molecular weight is 380 g/mol. The summed E-state index contributed by atoms with van der Waals surface area (Å²) >= 11 is 1.40. The Balaban J connectivity index is 1.67. The quantitative estimate of drug-likeness (QED) is 0.727. The van der Waals surface area contributed by atoms with E-state index in [0.29, 0.717) is 22.4 Å². The number of hydrogen-bond donors (Lipinski definition) is 0. The predicted octanol–water partition coefficient (Wildman–Crippen LogP) is 4.66. The number of hydrogen-bond acceptors (Lipinski definition) is 5. The van der Waals surface area contributed by atoms with Crippen LogP contribution in [0.15, 0.2) is 46.3 Å². The third-order valence-corrected chi connectivity index (χ3v) is 5.52. The van der Waals surface area contributed by atoms with Crippen LogP contribution in [0, 0.1) is 13.8 Å². The molecule has 2 aromatic rings. The molecule has 1 saturated heterocycles. The lowest BCUT2D eigenvalue weighted by Crippen LogP contribution is -2.28. The molecule has 0 bridgehead atoms. The summed E-state index contributed by atoms with van der Waals surface area (Å²) in [5, 5.41) is 0.705. The molecule has 0 N–H and O–H groups in total. The van der Waals surface area contributed by atoms with Gasteiger partial charge in [0.1, 0.15) is 0 Å². The fraction of sp³-hybridized carbons (Fsp3) is 0.238. The molecule has 2 aliphatic rings. The van der Waals surface area contributed by atoms with Crippen molar-refractivity contribution in [2.75, 3.05) is 13.3 Å². The summed E-state index contributed by atoms with van der Waals surface area (Å²) in [5.41, 5.74) is 4.00. The van der Waals surface area contributed by atoms with Crippen molar-refractivity contribution >= 4 is 34.6 Å². The van der Waals surface area contributed by atoms with Gasteiger partial charge < -0.3 is 9.47 Å². The van der Waals surface area contributed by atoms with Crippen molar-refractivity contribution < 1.29 is 14.3 Å².